The van der Waals surface area contributed by atoms with E-state index < -0.39 is 0 Å². The number of carbonyl (C=O) groups is 1. The summed E-state index contributed by atoms with van der Waals surface area (Å²) in [6, 6.07) is 0.347. The maximum Gasteiger partial charge on any atom is 0.227 e. The summed E-state index contributed by atoms with van der Waals surface area (Å²) >= 11 is 0. The number of amides is 1. The van der Waals surface area contributed by atoms with Crippen LogP contribution in [0.1, 0.15) is 70.5 Å². The molecule has 1 N–H and O–H groups in total. The molecule has 0 aromatic carbocycles. The van der Waals surface area contributed by atoms with Crippen molar-refractivity contribution >= 4 is 5.91 Å². The fourth-order valence-corrected chi connectivity index (χ4v) is 2.69. The van der Waals surface area contributed by atoms with Gasteiger partial charge >= 0.3 is 0 Å². The lowest BCUT2D eigenvalue weighted by Crippen LogP contribution is -2.38. The van der Waals surface area contributed by atoms with E-state index in [1.54, 1.807) is 0 Å². The predicted molar refractivity (Wildman–Crippen MR) is 76.3 cm³/mol. The molecular weight excluding hydrogens is 254 g/mol. The van der Waals surface area contributed by atoms with E-state index in [9.17, 15) is 4.79 Å². The van der Waals surface area contributed by atoms with E-state index in [1.807, 2.05) is 13.8 Å². The topological polar surface area (TPSA) is 68.0 Å². The van der Waals surface area contributed by atoms with Gasteiger partial charge in [0.2, 0.25) is 11.8 Å². The van der Waals surface area contributed by atoms with E-state index in [0.717, 1.165) is 18.8 Å². The standard InChI is InChI=1S/C15H25N3O2/c1-10(2)15-17-14(20-18-15)8-7-13(19)16-12-6-4-5-11(3)9-12/h10-12H,4-9H2,1-3H3,(H,16,19)/t11-,12-/m0/s1. The number of nitrogens with zero attached hydrogens (tertiary/aromatic N) is 2. The van der Waals surface area contributed by atoms with E-state index in [0.29, 0.717) is 30.6 Å². The minimum atomic E-state index is 0.0911. The van der Waals surface area contributed by atoms with Crippen molar-refractivity contribution in [2.24, 2.45) is 5.92 Å². The van der Waals surface area contributed by atoms with E-state index in [-0.39, 0.29) is 11.8 Å². The van der Waals surface area contributed by atoms with Crippen LogP contribution in [0.5, 0.6) is 0 Å². The van der Waals surface area contributed by atoms with Gasteiger partial charge in [0.25, 0.3) is 0 Å². The van der Waals surface area contributed by atoms with Crippen LogP contribution in [-0.4, -0.2) is 22.1 Å². The van der Waals surface area contributed by atoms with Crippen LogP contribution in [0, 0.1) is 5.92 Å². The zero-order valence-corrected chi connectivity index (χ0v) is 12.7. The van der Waals surface area contributed by atoms with Crippen LogP contribution in [0.2, 0.25) is 0 Å². The molecule has 2 atom stereocenters. The molecule has 1 heterocycles. The Kier molecular flexibility index (Phi) is 5.15. The average Bonchev–Trinajstić information content (AvgIpc) is 2.85. The molecular formula is C15H25N3O2. The molecule has 0 unspecified atom stereocenters. The first-order valence-electron chi connectivity index (χ1n) is 7.66. The Balaban J connectivity index is 1.74. The van der Waals surface area contributed by atoms with Crippen LogP contribution < -0.4 is 5.32 Å². The number of aromatic nitrogens is 2. The SMILES string of the molecule is CC(C)c1noc(CCC(=O)N[C@H]2CCC[C@H](C)C2)n1. The largest absolute Gasteiger partial charge is 0.353 e. The minimum absolute atomic E-state index is 0.0911. The van der Waals surface area contributed by atoms with Gasteiger partial charge in [-0.1, -0.05) is 38.8 Å². The molecule has 1 amide bonds. The summed E-state index contributed by atoms with van der Waals surface area (Å²) in [6.45, 7) is 6.29. The van der Waals surface area contributed by atoms with Gasteiger partial charge < -0.3 is 9.84 Å². The van der Waals surface area contributed by atoms with Gasteiger partial charge in [-0.05, 0) is 18.8 Å². The van der Waals surface area contributed by atoms with E-state index in [2.05, 4.69) is 22.4 Å². The summed E-state index contributed by atoms with van der Waals surface area (Å²) in [5.41, 5.74) is 0. The van der Waals surface area contributed by atoms with E-state index >= 15 is 0 Å². The highest BCUT2D eigenvalue weighted by molar-refractivity contribution is 5.76. The Bertz CT molecular complexity index is 442. The molecule has 0 bridgehead atoms. The van der Waals surface area contributed by atoms with Gasteiger partial charge in [-0.25, -0.2) is 0 Å². The molecule has 1 aliphatic rings. The molecule has 112 valence electrons. The maximum absolute atomic E-state index is 11.9. The molecule has 1 aromatic heterocycles. The van der Waals surface area contributed by atoms with Crippen molar-refractivity contribution in [1.29, 1.82) is 0 Å². The first-order valence-corrected chi connectivity index (χ1v) is 7.66. The van der Waals surface area contributed by atoms with Crippen LogP contribution in [0.25, 0.3) is 0 Å². The lowest BCUT2D eigenvalue weighted by atomic mass is 9.87. The summed E-state index contributed by atoms with van der Waals surface area (Å²) in [6.07, 6.45) is 5.65. The van der Waals surface area contributed by atoms with Crippen molar-refractivity contribution in [3.63, 3.8) is 0 Å². The van der Waals surface area contributed by atoms with Crippen LogP contribution in [0.15, 0.2) is 4.52 Å². The molecule has 1 saturated carbocycles. The third-order valence-corrected chi connectivity index (χ3v) is 3.87. The van der Waals surface area contributed by atoms with Crippen molar-refractivity contribution in [2.75, 3.05) is 0 Å². The molecule has 0 aliphatic heterocycles. The zero-order valence-electron chi connectivity index (χ0n) is 12.7. The Hall–Kier alpha value is -1.39. The maximum atomic E-state index is 11.9. The quantitative estimate of drug-likeness (QED) is 0.900. The van der Waals surface area contributed by atoms with Gasteiger partial charge in [-0.2, -0.15) is 4.98 Å². The normalized spacial score (nSPS) is 23.0. The number of nitrogens with one attached hydrogen (secondary N) is 1. The van der Waals surface area contributed by atoms with Crippen molar-refractivity contribution in [1.82, 2.24) is 15.5 Å². The Labute approximate surface area is 120 Å². The van der Waals surface area contributed by atoms with Crippen LogP contribution in [0.3, 0.4) is 0 Å². The van der Waals surface area contributed by atoms with Crippen LogP contribution in [-0.2, 0) is 11.2 Å². The second kappa shape index (κ2) is 6.86. The lowest BCUT2D eigenvalue weighted by Gasteiger charge is -2.27. The Morgan fingerprint density at radius 3 is 2.90 bits per heavy atom. The monoisotopic (exact) mass is 279 g/mol. The molecule has 1 aromatic rings. The third kappa shape index (κ3) is 4.32. The van der Waals surface area contributed by atoms with Crippen LogP contribution in [0.4, 0.5) is 0 Å². The molecule has 5 nitrogen and oxygen atoms in total. The summed E-state index contributed by atoms with van der Waals surface area (Å²) in [5, 5.41) is 7.02. The molecule has 2 rings (SSSR count). The summed E-state index contributed by atoms with van der Waals surface area (Å²) in [4.78, 5) is 16.2. The summed E-state index contributed by atoms with van der Waals surface area (Å²) < 4.78 is 5.14. The smallest absolute Gasteiger partial charge is 0.227 e. The molecule has 0 saturated heterocycles. The Morgan fingerprint density at radius 1 is 1.45 bits per heavy atom. The van der Waals surface area contributed by atoms with Gasteiger partial charge in [-0.15, -0.1) is 0 Å². The van der Waals surface area contributed by atoms with Crippen molar-refractivity contribution in [3.8, 4) is 0 Å². The van der Waals surface area contributed by atoms with E-state index in [1.165, 1.54) is 12.8 Å². The lowest BCUT2D eigenvalue weighted by molar-refractivity contribution is -0.122. The Morgan fingerprint density at radius 2 is 2.25 bits per heavy atom. The van der Waals surface area contributed by atoms with Gasteiger partial charge in [-0.3, -0.25) is 4.79 Å². The average molecular weight is 279 g/mol. The van der Waals surface area contributed by atoms with Crippen molar-refractivity contribution in [2.45, 2.75) is 71.3 Å². The fourth-order valence-electron chi connectivity index (χ4n) is 2.69. The van der Waals surface area contributed by atoms with Gasteiger partial charge in [0.15, 0.2) is 5.82 Å². The highest BCUT2D eigenvalue weighted by Crippen LogP contribution is 2.23. The zero-order chi connectivity index (χ0) is 14.5. The van der Waals surface area contributed by atoms with Gasteiger partial charge in [0, 0.05) is 24.8 Å². The number of hydrogen-bond donors (Lipinski definition) is 1. The first-order chi connectivity index (χ1) is 9.54. The van der Waals surface area contributed by atoms with E-state index in [4.69, 9.17) is 4.52 Å². The molecule has 5 heteroatoms. The molecule has 1 aliphatic carbocycles. The molecule has 1 fully saturated rings. The number of rotatable bonds is 5. The van der Waals surface area contributed by atoms with Gasteiger partial charge in [0.05, 0.1) is 0 Å². The highest BCUT2D eigenvalue weighted by atomic mass is 16.5. The third-order valence-electron chi connectivity index (χ3n) is 3.87. The second-order valence-electron chi connectivity index (χ2n) is 6.24. The second-order valence-corrected chi connectivity index (χ2v) is 6.24. The number of aryl methyl sites for hydroxylation is 1. The molecule has 20 heavy (non-hydrogen) atoms. The van der Waals surface area contributed by atoms with Crippen LogP contribution >= 0.6 is 0 Å². The number of carbonyl (C=O) groups excluding carboxylic acids is 1. The summed E-state index contributed by atoms with van der Waals surface area (Å²) in [7, 11) is 0. The van der Waals surface area contributed by atoms with Crippen molar-refractivity contribution < 1.29 is 9.32 Å². The predicted octanol–water partition coefficient (Wildman–Crippen LogP) is 2.82. The number of hydrogen-bond acceptors (Lipinski definition) is 4. The minimum Gasteiger partial charge on any atom is -0.353 e. The first kappa shape index (κ1) is 15.0. The molecule has 0 spiro atoms. The highest BCUT2D eigenvalue weighted by Gasteiger charge is 2.20. The fraction of sp³-hybridized carbons (Fsp3) is 0.800. The van der Waals surface area contributed by atoms with Gasteiger partial charge in [0.1, 0.15) is 0 Å². The molecule has 0 radical (unpaired) electrons. The van der Waals surface area contributed by atoms with Crippen molar-refractivity contribution in [3.05, 3.63) is 11.7 Å². The summed E-state index contributed by atoms with van der Waals surface area (Å²) in [5.74, 6) is 2.33.